The van der Waals surface area contributed by atoms with Gasteiger partial charge in [-0.3, -0.25) is 9.69 Å². The summed E-state index contributed by atoms with van der Waals surface area (Å²) in [6.07, 6.45) is 4.31. The van der Waals surface area contributed by atoms with E-state index in [0.717, 1.165) is 32.0 Å². The van der Waals surface area contributed by atoms with Crippen molar-refractivity contribution in [2.24, 2.45) is 11.3 Å². The van der Waals surface area contributed by atoms with Gasteiger partial charge in [-0.25, -0.2) is 4.98 Å². The fourth-order valence-electron chi connectivity index (χ4n) is 2.76. The molecule has 1 aromatic heterocycles. The lowest BCUT2D eigenvalue weighted by Crippen LogP contribution is -2.43. The van der Waals surface area contributed by atoms with Crippen molar-refractivity contribution in [2.75, 3.05) is 19.6 Å². The standard InChI is InChI=1S/C16H28N4O/c1-12-17-9-14(19-12)11-20-7-5-6-13(10-20)8-18-15(21)16(2,3)4/h9,13H,5-8,10-11H2,1-4H3,(H,17,19)(H,18,21)/t13-/m0/s1. The molecule has 0 saturated carbocycles. The van der Waals surface area contributed by atoms with Crippen LogP contribution in [0.3, 0.4) is 0 Å². The van der Waals surface area contributed by atoms with E-state index < -0.39 is 0 Å². The van der Waals surface area contributed by atoms with Crippen LogP contribution in [0, 0.1) is 18.3 Å². The largest absolute Gasteiger partial charge is 0.355 e. The minimum Gasteiger partial charge on any atom is -0.355 e. The van der Waals surface area contributed by atoms with Crippen molar-refractivity contribution >= 4 is 5.91 Å². The quantitative estimate of drug-likeness (QED) is 0.893. The Morgan fingerprint density at radius 1 is 1.52 bits per heavy atom. The van der Waals surface area contributed by atoms with Gasteiger partial charge < -0.3 is 10.3 Å². The van der Waals surface area contributed by atoms with Gasteiger partial charge in [0.2, 0.25) is 5.91 Å². The third-order valence-corrected chi connectivity index (χ3v) is 3.99. The number of hydrogen-bond donors (Lipinski definition) is 2. The maximum absolute atomic E-state index is 11.9. The summed E-state index contributed by atoms with van der Waals surface area (Å²) in [5.74, 6) is 1.66. The second-order valence-electron chi connectivity index (χ2n) is 7.20. The lowest BCUT2D eigenvalue weighted by atomic mass is 9.94. The number of carbonyl (C=O) groups is 1. The van der Waals surface area contributed by atoms with Gasteiger partial charge in [-0.1, -0.05) is 20.8 Å². The lowest BCUT2D eigenvalue weighted by Gasteiger charge is -2.33. The van der Waals surface area contributed by atoms with Gasteiger partial charge in [0, 0.05) is 36.9 Å². The molecule has 0 unspecified atom stereocenters. The number of likely N-dealkylation sites (tertiary alicyclic amines) is 1. The number of amides is 1. The number of nitrogens with zero attached hydrogens (tertiary/aromatic N) is 2. The van der Waals surface area contributed by atoms with Crippen LogP contribution in [0.25, 0.3) is 0 Å². The molecule has 1 atom stereocenters. The number of H-pyrrole nitrogens is 1. The van der Waals surface area contributed by atoms with Gasteiger partial charge >= 0.3 is 0 Å². The molecule has 1 saturated heterocycles. The van der Waals surface area contributed by atoms with E-state index in [1.807, 2.05) is 33.9 Å². The molecule has 0 aromatic carbocycles. The molecule has 0 bridgehead atoms. The molecule has 5 nitrogen and oxygen atoms in total. The SMILES string of the molecule is Cc1ncc(CN2CCC[C@@H](CNC(=O)C(C)(C)C)C2)[nH]1. The number of aromatic nitrogens is 2. The highest BCUT2D eigenvalue weighted by Crippen LogP contribution is 2.19. The predicted octanol–water partition coefficient (Wildman–Crippen LogP) is 2.09. The molecule has 5 heteroatoms. The second kappa shape index (κ2) is 6.60. The Morgan fingerprint density at radius 3 is 2.90 bits per heavy atom. The molecule has 1 aromatic rings. The van der Waals surface area contributed by atoms with Crippen molar-refractivity contribution in [1.82, 2.24) is 20.2 Å². The summed E-state index contributed by atoms with van der Waals surface area (Å²) in [7, 11) is 0. The fourth-order valence-corrected chi connectivity index (χ4v) is 2.76. The van der Waals surface area contributed by atoms with Crippen LogP contribution in [-0.2, 0) is 11.3 Å². The molecular formula is C16H28N4O. The average Bonchev–Trinajstić information content (AvgIpc) is 2.80. The molecule has 1 fully saturated rings. The number of imidazole rings is 1. The first-order valence-electron chi connectivity index (χ1n) is 7.86. The highest BCUT2D eigenvalue weighted by molar-refractivity contribution is 5.81. The second-order valence-corrected chi connectivity index (χ2v) is 7.20. The first-order valence-corrected chi connectivity index (χ1v) is 7.86. The Bertz CT molecular complexity index is 475. The first kappa shape index (κ1) is 16.0. The molecule has 118 valence electrons. The molecule has 2 rings (SSSR count). The van der Waals surface area contributed by atoms with Gasteiger partial charge in [-0.15, -0.1) is 0 Å². The van der Waals surface area contributed by atoms with Crippen LogP contribution in [0.4, 0.5) is 0 Å². The summed E-state index contributed by atoms with van der Waals surface area (Å²) in [4.78, 5) is 21.9. The lowest BCUT2D eigenvalue weighted by molar-refractivity contribution is -0.128. The number of aromatic amines is 1. The maximum Gasteiger partial charge on any atom is 0.225 e. The zero-order valence-corrected chi connectivity index (χ0v) is 13.7. The third-order valence-electron chi connectivity index (χ3n) is 3.99. The van der Waals surface area contributed by atoms with Crippen LogP contribution in [0.15, 0.2) is 6.20 Å². The minimum absolute atomic E-state index is 0.142. The molecule has 0 aliphatic carbocycles. The van der Waals surface area contributed by atoms with Gasteiger partial charge in [-0.05, 0) is 32.2 Å². The Labute approximate surface area is 127 Å². The van der Waals surface area contributed by atoms with Gasteiger partial charge in [-0.2, -0.15) is 0 Å². The average molecular weight is 292 g/mol. The van der Waals surface area contributed by atoms with Crippen LogP contribution in [0.2, 0.25) is 0 Å². The molecule has 2 N–H and O–H groups in total. The zero-order valence-electron chi connectivity index (χ0n) is 13.7. The zero-order chi connectivity index (χ0) is 15.5. The number of carbonyl (C=O) groups excluding carboxylic acids is 1. The van der Waals surface area contributed by atoms with Crippen molar-refractivity contribution in [3.05, 3.63) is 17.7 Å². The Hall–Kier alpha value is -1.36. The first-order chi connectivity index (χ1) is 9.84. The summed E-state index contributed by atoms with van der Waals surface area (Å²) in [5.41, 5.74) is 0.869. The molecule has 1 amide bonds. The smallest absolute Gasteiger partial charge is 0.225 e. The molecule has 1 aliphatic heterocycles. The molecule has 1 aliphatic rings. The van der Waals surface area contributed by atoms with Crippen LogP contribution in [0.5, 0.6) is 0 Å². The van der Waals surface area contributed by atoms with Crippen molar-refractivity contribution < 1.29 is 4.79 Å². The van der Waals surface area contributed by atoms with E-state index in [9.17, 15) is 4.79 Å². The Balaban J connectivity index is 1.79. The van der Waals surface area contributed by atoms with Crippen LogP contribution in [0.1, 0.15) is 45.1 Å². The van der Waals surface area contributed by atoms with Gasteiger partial charge in [0.05, 0.1) is 0 Å². The van der Waals surface area contributed by atoms with Gasteiger partial charge in [0.1, 0.15) is 5.82 Å². The highest BCUT2D eigenvalue weighted by Gasteiger charge is 2.24. The molecule has 0 spiro atoms. The highest BCUT2D eigenvalue weighted by atomic mass is 16.2. The summed E-state index contributed by atoms with van der Waals surface area (Å²) < 4.78 is 0. The maximum atomic E-state index is 11.9. The number of hydrogen-bond acceptors (Lipinski definition) is 3. The summed E-state index contributed by atoms with van der Waals surface area (Å²) in [6.45, 7) is 11.7. The fraction of sp³-hybridized carbons (Fsp3) is 0.750. The van der Waals surface area contributed by atoms with Crippen molar-refractivity contribution in [2.45, 2.75) is 47.1 Å². The van der Waals surface area contributed by atoms with E-state index in [1.54, 1.807) is 0 Å². The molecule has 21 heavy (non-hydrogen) atoms. The van der Waals surface area contributed by atoms with E-state index >= 15 is 0 Å². The van der Waals surface area contributed by atoms with E-state index in [4.69, 9.17) is 0 Å². The summed E-state index contributed by atoms with van der Waals surface area (Å²) in [6, 6.07) is 0. The van der Waals surface area contributed by atoms with Crippen molar-refractivity contribution in [3.63, 3.8) is 0 Å². The number of piperidine rings is 1. The van der Waals surface area contributed by atoms with E-state index in [2.05, 4.69) is 20.2 Å². The summed E-state index contributed by atoms with van der Waals surface area (Å²) >= 11 is 0. The predicted molar refractivity (Wildman–Crippen MR) is 83.8 cm³/mol. The molecule has 2 heterocycles. The van der Waals surface area contributed by atoms with Gasteiger partial charge in [0.25, 0.3) is 0 Å². The van der Waals surface area contributed by atoms with Crippen LogP contribution < -0.4 is 5.32 Å². The van der Waals surface area contributed by atoms with Crippen LogP contribution >= 0.6 is 0 Å². The molecular weight excluding hydrogens is 264 g/mol. The van der Waals surface area contributed by atoms with Crippen molar-refractivity contribution in [3.8, 4) is 0 Å². The summed E-state index contributed by atoms with van der Waals surface area (Å²) in [5, 5.41) is 3.10. The third kappa shape index (κ3) is 4.84. The minimum atomic E-state index is -0.304. The number of rotatable bonds is 4. The van der Waals surface area contributed by atoms with E-state index in [1.165, 1.54) is 18.5 Å². The van der Waals surface area contributed by atoms with Crippen LogP contribution in [-0.4, -0.2) is 40.4 Å². The van der Waals surface area contributed by atoms with Crippen molar-refractivity contribution in [1.29, 1.82) is 0 Å². The number of nitrogens with one attached hydrogen (secondary N) is 2. The monoisotopic (exact) mass is 292 g/mol. The van der Waals surface area contributed by atoms with Gasteiger partial charge in [0.15, 0.2) is 0 Å². The Kier molecular flexibility index (Phi) is 5.04. The molecule has 0 radical (unpaired) electrons. The normalized spacial score (nSPS) is 20.5. The topological polar surface area (TPSA) is 61.0 Å². The van der Waals surface area contributed by atoms with E-state index in [-0.39, 0.29) is 11.3 Å². The Morgan fingerprint density at radius 2 is 2.29 bits per heavy atom. The number of aryl methyl sites for hydroxylation is 1. The van der Waals surface area contributed by atoms with E-state index in [0.29, 0.717) is 5.92 Å².